The maximum Gasteiger partial charge on any atom is 0.322 e. The fraction of sp³-hybridized carbons (Fsp3) is 0.143. The highest BCUT2D eigenvalue weighted by molar-refractivity contribution is 6.20. The molecule has 2 aromatic carbocycles. The number of urea groups is 1. The van der Waals surface area contributed by atoms with Crippen molar-refractivity contribution >= 4 is 33.4 Å². The summed E-state index contributed by atoms with van der Waals surface area (Å²) in [5.41, 5.74) is 1.68. The lowest BCUT2D eigenvalue weighted by Gasteiger charge is -2.18. The minimum absolute atomic E-state index is 0.143. The van der Waals surface area contributed by atoms with E-state index in [1.165, 1.54) is 12.1 Å². The van der Waals surface area contributed by atoms with Crippen LogP contribution in [0.5, 0.6) is 11.6 Å². The van der Waals surface area contributed by atoms with E-state index in [2.05, 4.69) is 10.3 Å². The van der Waals surface area contributed by atoms with Crippen LogP contribution in [0.15, 0.2) is 48.8 Å². The topological polar surface area (TPSA) is 90.6 Å². The van der Waals surface area contributed by atoms with Crippen molar-refractivity contribution in [2.24, 2.45) is 0 Å². The lowest BCUT2D eigenvalue weighted by atomic mass is 10.1. The third-order valence-corrected chi connectivity index (χ3v) is 5.22. The van der Waals surface area contributed by atoms with Gasteiger partial charge in [0.25, 0.3) is 0 Å². The highest BCUT2D eigenvalue weighted by Gasteiger charge is 2.29. The van der Waals surface area contributed by atoms with Gasteiger partial charge in [0.1, 0.15) is 11.3 Å². The number of carbonyl (C=O) groups is 1. The van der Waals surface area contributed by atoms with Gasteiger partial charge in [0.2, 0.25) is 5.88 Å². The van der Waals surface area contributed by atoms with Crippen LogP contribution in [0.4, 0.5) is 14.9 Å². The van der Waals surface area contributed by atoms with Crippen molar-refractivity contribution in [3.05, 3.63) is 60.2 Å². The molecule has 0 bridgehead atoms. The van der Waals surface area contributed by atoms with Crippen LogP contribution >= 0.6 is 0 Å². The number of pyridine rings is 1. The monoisotopic (exact) mass is 392 g/mol. The van der Waals surface area contributed by atoms with E-state index in [9.17, 15) is 19.4 Å². The van der Waals surface area contributed by atoms with E-state index in [1.54, 1.807) is 46.1 Å². The number of fused-ring (bicyclic) bond motifs is 2. The van der Waals surface area contributed by atoms with Gasteiger partial charge >= 0.3 is 6.03 Å². The van der Waals surface area contributed by atoms with Crippen molar-refractivity contribution in [3.8, 4) is 11.6 Å². The van der Waals surface area contributed by atoms with Crippen LogP contribution < -0.4 is 10.2 Å². The van der Waals surface area contributed by atoms with Crippen molar-refractivity contribution < 1.29 is 19.4 Å². The molecular formula is C21H17FN4O3. The Kier molecular flexibility index (Phi) is 3.80. The van der Waals surface area contributed by atoms with Crippen molar-refractivity contribution in [1.29, 1.82) is 0 Å². The van der Waals surface area contributed by atoms with Crippen molar-refractivity contribution in [1.82, 2.24) is 14.9 Å². The Labute approximate surface area is 164 Å². The molecule has 8 heteroatoms. The summed E-state index contributed by atoms with van der Waals surface area (Å²) in [6.45, 7) is 1.24. The summed E-state index contributed by atoms with van der Waals surface area (Å²) in [5, 5.41) is 25.9. The van der Waals surface area contributed by atoms with Crippen molar-refractivity contribution in [3.63, 3.8) is 0 Å². The smallest absolute Gasteiger partial charge is 0.322 e. The number of phenols is 1. The first kappa shape index (κ1) is 17.3. The average Bonchev–Trinajstić information content (AvgIpc) is 3.28. The minimum Gasteiger partial charge on any atom is -0.505 e. The second kappa shape index (κ2) is 6.37. The van der Waals surface area contributed by atoms with E-state index >= 15 is 0 Å². The SMILES string of the molecule is O=C1NCCN1c1c2cccnc2c(O)c2c(O)n(Cc3ccc(F)cc3)cc12. The summed E-state index contributed by atoms with van der Waals surface area (Å²) in [6.07, 6.45) is 3.25. The van der Waals surface area contributed by atoms with Gasteiger partial charge in [-0.3, -0.25) is 9.88 Å². The maximum absolute atomic E-state index is 13.2. The lowest BCUT2D eigenvalue weighted by molar-refractivity contribution is 0.252. The molecule has 2 amide bonds. The Morgan fingerprint density at radius 2 is 1.93 bits per heavy atom. The van der Waals surface area contributed by atoms with Crippen LogP contribution in [0.3, 0.4) is 0 Å². The van der Waals surface area contributed by atoms with Crippen LogP contribution in [-0.4, -0.2) is 38.9 Å². The highest BCUT2D eigenvalue weighted by Crippen LogP contribution is 2.46. The minimum atomic E-state index is -0.340. The predicted octanol–water partition coefficient (Wildman–Crippen LogP) is 3.32. The zero-order valence-electron chi connectivity index (χ0n) is 15.3. The predicted molar refractivity (Wildman–Crippen MR) is 107 cm³/mol. The number of carbonyl (C=O) groups excluding carboxylic acids is 1. The fourth-order valence-corrected chi connectivity index (χ4v) is 3.89. The van der Waals surface area contributed by atoms with Crippen LogP contribution in [0, 0.1) is 5.82 Å². The molecule has 1 aliphatic heterocycles. The first-order valence-electron chi connectivity index (χ1n) is 9.16. The molecule has 3 heterocycles. The number of benzene rings is 2. The zero-order chi connectivity index (χ0) is 20.1. The molecule has 1 fully saturated rings. The number of aromatic hydroxyl groups is 2. The largest absolute Gasteiger partial charge is 0.505 e. The van der Waals surface area contributed by atoms with Gasteiger partial charge in [0.15, 0.2) is 5.75 Å². The van der Waals surface area contributed by atoms with Gasteiger partial charge in [0, 0.05) is 36.3 Å². The second-order valence-corrected chi connectivity index (χ2v) is 6.98. The molecule has 1 aliphatic rings. The van der Waals surface area contributed by atoms with E-state index in [-0.39, 0.29) is 35.4 Å². The Morgan fingerprint density at radius 1 is 1.14 bits per heavy atom. The van der Waals surface area contributed by atoms with Gasteiger partial charge in [-0.1, -0.05) is 12.1 Å². The molecule has 0 unspecified atom stereocenters. The second-order valence-electron chi connectivity index (χ2n) is 6.98. The number of rotatable bonds is 3. The molecule has 5 rings (SSSR count). The Hall–Kier alpha value is -3.81. The molecule has 4 aromatic rings. The van der Waals surface area contributed by atoms with E-state index in [0.29, 0.717) is 35.1 Å². The number of nitrogens with one attached hydrogen (secondary N) is 1. The number of hydrogen-bond acceptors (Lipinski definition) is 4. The fourth-order valence-electron chi connectivity index (χ4n) is 3.89. The molecule has 1 saturated heterocycles. The number of halogens is 1. The third kappa shape index (κ3) is 2.64. The van der Waals surface area contributed by atoms with Gasteiger partial charge < -0.3 is 20.1 Å². The first-order chi connectivity index (χ1) is 14.0. The molecule has 0 atom stereocenters. The quantitative estimate of drug-likeness (QED) is 0.499. The van der Waals surface area contributed by atoms with Crippen LogP contribution in [-0.2, 0) is 6.54 Å². The van der Waals surface area contributed by atoms with Crippen LogP contribution in [0.25, 0.3) is 21.7 Å². The summed E-state index contributed by atoms with van der Waals surface area (Å²) < 4.78 is 14.8. The third-order valence-electron chi connectivity index (χ3n) is 5.22. The van der Waals surface area contributed by atoms with E-state index < -0.39 is 0 Å². The van der Waals surface area contributed by atoms with Gasteiger partial charge in [-0.05, 0) is 29.8 Å². The summed E-state index contributed by atoms with van der Waals surface area (Å²) in [4.78, 5) is 18.2. The summed E-state index contributed by atoms with van der Waals surface area (Å²) in [6, 6.07) is 9.25. The molecule has 0 aliphatic carbocycles. The van der Waals surface area contributed by atoms with Gasteiger partial charge in [-0.15, -0.1) is 0 Å². The van der Waals surface area contributed by atoms with Crippen molar-refractivity contribution in [2.75, 3.05) is 18.0 Å². The molecule has 146 valence electrons. The van der Waals surface area contributed by atoms with Crippen LogP contribution in [0.2, 0.25) is 0 Å². The summed E-state index contributed by atoms with van der Waals surface area (Å²) in [5.74, 6) is -0.627. The molecule has 29 heavy (non-hydrogen) atoms. The van der Waals surface area contributed by atoms with Crippen molar-refractivity contribution in [2.45, 2.75) is 6.54 Å². The molecule has 0 radical (unpaired) electrons. The average molecular weight is 392 g/mol. The highest BCUT2D eigenvalue weighted by atomic mass is 19.1. The molecule has 7 nitrogen and oxygen atoms in total. The Morgan fingerprint density at radius 3 is 2.66 bits per heavy atom. The molecular weight excluding hydrogens is 375 g/mol. The number of anilines is 1. The van der Waals surface area contributed by atoms with Crippen LogP contribution in [0.1, 0.15) is 5.56 Å². The molecule has 0 saturated carbocycles. The zero-order valence-corrected chi connectivity index (χ0v) is 15.3. The van der Waals surface area contributed by atoms with Gasteiger partial charge in [-0.25, -0.2) is 9.18 Å². The van der Waals surface area contributed by atoms with E-state index in [0.717, 1.165) is 5.56 Å². The Bertz CT molecular complexity index is 1270. The van der Waals surface area contributed by atoms with Gasteiger partial charge in [-0.2, -0.15) is 0 Å². The normalized spacial score (nSPS) is 14.1. The molecule has 3 N–H and O–H groups in total. The summed E-state index contributed by atoms with van der Waals surface area (Å²) >= 11 is 0. The number of amides is 2. The van der Waals surface area contributed by atoms with E-state index in [1.807, 2.05) is 0 Å². The maximum atomic E-state index is 13.2. The van der Waals surface area contributed by atoms with Gasteiger partial charge in [0.05, 0.1) is 17.6 Å². The number of aromatic nitrogens is 2. The lowest BCUT2D eigenvalue weighted by Crippen LogP contribution is -2.28. The molecule has 2 aromatic heterocycles. The molecule has 0 spiro atoms. The standard InChI is InChI=1S/C21H17FN4O3/c22-13-5-3-12(4-6-13)10-25-11-15-16(20(25)28)19(27)17-14(2-1-7-23-17)18(15)26-9-8-24-21(26)29/h1-7,11,27-28H,8-10H2,(H,24,29). The summed E-state index contributed by atoms with van der Waals surface area (Å²) in [7, 11) is 0. The van der Waals surface area contributed by atoms with E-state index in [4.69, 9.17) is 0 Å². The number of phenolic OH excluding ortho intramolecular Hbond substituents is 1. The first-order valence-corrected chi connectivity index (χ1v) is 9.16. The Balaban J connectivity index is 1.77. The number of hydrogen-bond donors (Lipinski definition) is 3. The number of nitrogens with zero attached hydrogens (tertiary/aromatic N) is 3.